The van der Waals surface area contributed by atoms with Crippen molar-refractivity contribution in [2.75, 3.05) is 0 Å². The summed E-state index contributed by atoms with van der Waals surface area (Å²) in [5.41, 5.74) is 16.6. The second kappa shape index (κ2) is 11.5. The van der Waals surface area contributed by atoms with E-state index in [4.69, 9.17) is 20.0 Å². The molecule has 0 saturated carbocycles. The predicted molar refractivity (Wildman–Crippen MR) is 222 cm³/mol. The van der Waals surface area contributed by atoms with Crippen LogP contribution in [0.4, 0.5) is 0 Å². The second-order valence-corrected chi connectivity index (χ2v) is 13.7. The molecule has 0 amide bonds. The van der Waals surface area contributed by atoms with Crippen LogP contribution in [0.25, 0.3) is 93.3 Å². The van der Waals surface area contributed by atoms with Crippen molar-refractivity contribution in [3.63, 3.8) is 0 Å². The van der Waals surface area contributed by atoms with Crippen LogP contribution in [0.15, 0.2) is 178 Å². The van der Waals surface area contributed by atoms with E-state index >= 15 is 0 Å². The van der Waals surface area contributed by atoms with E-state index in [-0.39, 0.29) is 11.7 Å². The van der Waals surface area contributed by atoms with Crippen molar-refractivity contribution in [3.05, 3.63) is 175 Å². The minimum Gasteiger partial charge on any atom is -0.456 e. The van der Waals surface area contributed by atoms with Gasteiger partial charge in [-0.05, 0) is 70.4 Å². The Bertz CT molecular complexity index is 3330. The fourth-order valence-corrected chi connectivity index (χ4v) is 8.19. The molecule has 0 radical (unpaired) electrons. The van der Waals surface area contributed by atoms with Crippen molar-refractivity contribution in [3.8, 4) is 16.8 Å². The lowest BCUT2D eigenvalue weighted by atomic mass is 9.96. The van der Waals surface area contributed by atoms with E-state index in [1.807, 2.05) is 72.8 Å². The highest BCUT2D eigenvalue weighted by Crippen LogP contribution is 2.42. The van der Waals surface area contributed by atoms with E-state index in [0.717, 1.165) is 76.9 Å². The van der Waals surface area contributed by atoms with Crippen LogP contribution in [0.2, 0.25) is 0 Å². The van der Waals surface area contributed by atoms with Gasteiger partial charge in [0.05, 0.1) is 16.7 Å². The fraction of sp³-hybridized carbons (Fsp3) is 0. The first kappa shape index (κ1) is 30.2. The van der Waals surface area contributed by atoms with E-state index < -0.39 is 0 Å². The lowest BCUT2D eigenvalue weighted by Gasteiger charge is -2.12. The topological polar surface area (TPSA) is 93.4 Å². The molecule has 0 aliphatic heterocycles. The molecule has 0 bridgehead atoms. The standard InChI is InChI=1S/C48H30N4O2/c49-47(31-21-20-28-10-1-2-11-29(28)24-31)51-48(50)36-15-9-19-43-46(36)38-25-30(22-23-42(38)53-43)37-26-32(27-44-45(37)35-14-5-8-18-41(35)54-44)52-39-16-6-3-12-33(39)34-13-4-7-17-40(34)52/h1-27H,(H3,49,50,51). The van der Waals surface area contributed by atoms with Gasteiger partial charge in [-0.1, -0.05) is 109 Å². The quantitative estimate of drug-likeness (QED) is 0.142. The number of hydrogen-bond acceptors (Lipinski definition) is 3. The van der Waals surface area contributed by atoms with E-state index in [1.54, 1.807) is 0 Å². The summed E-state index contributed by atoms with van der Waals surface area (Å²) in [6, 6.07) is 55.8. The fourth-order valence-electron chi connectivity index (χ4n) is 8.19. The van der Waals surface area contributed by atoms with Gasteiger partial charge in [-0.25, -0.2) is 4.99 Å². The van der Waals surface area contributed by atoms with Crippen molar-refractivity contribution >= 4 is 88.1 Å². The largest absolute Gasteiger partial charge is 0.456 e. The first-order valence-corrected chi connectivity index (χ1v) is 17.9. The van der Waals surface area contributed by atoms with Gasteiger partial charge in [-0.15, -0.1) is 0 Å². The van der Waals surface area contributed by atoms with Gasteiger partial charge in [0.2, 0.25) is 0 Å². The number of nitrogens with one attached hydrogen (secondary N) is 1. The Morgan fingerprint density at radius 1 is 0.519 bits per heavy atom. The summed E-state index contributed by atoms with van der Waals surface area (Å²) in [7, 11) is 0. The maximum Gasteiger partial charge on any atom is 0.154 e. The Morgan fingerprint density at radius 2 is 1.19 bits per heavy atom. The Morgan fingerprint density at radius 3 is 2.00 bits per heavy atom. The smallest absolute Gasteiger partial charge is 0.154 e. The summed E-state index contributed by atoms with van der Waals surface area (Å²) < 4.78 is 15.3. The van der Waals surface area contributed by atoms with Crippen molar-refractivity contribution in [2.24, 2.45) is 10.7 Å². The van der Waals surface area contributed by atoms with Gasteiger partial charge in [-0.2, -0.15) is 0 Å². The molecule has 11 rings (SSSR count). The van der Waals surface area contributed by atoms with E-state index in [1.165, 1.54) is 10.8 Å². The predicted octanol–water partition coefficient (Wildman–Crippen LogP) is 12.1. The van der Waals surface area contributed by atoms with Crippen LogP contribution >= 0.6 is 0 Å². The molecule has 6 nitrogen and oxygen atoms in total. The SMILES string of the molecule is N=C(N=C(N)c1cccc2oc3ccc(-c4cc(-n5c6ccccc6c6ccccc65)cc5oc6ccccc6c45)cc3c12)c1ccc2ccccc2c1. The second-order valence-electron chi connectivity index (χ2n) is 13.7. The summed E-state index contributed by atoms with van der Waals surface area (Å²) in [6.45, 7) is 0. The van der Waals surface area contributed by atoms with Crippen molar-refractivity contribution in [1.29, 1.82) is 5.41 Å². The Hall–Kier alpha value is -7.44. The van der Waals surface area contributed by atoms with Crippen LogP contribution < -0.4 is 5.73 Å². The minimum atomic E-state index is 0.0971. The number of amidine groups is 2. The molecule has 54 heavy (non-hydrogen) atoms. The number of fused-ring (bicyclic) bond motifs is 10. The average molecular weight is 695 g/mol. The van der Waals surface area contributed by atoms with E-state index in [0.29, 0.717) is 16.7 Å². The third kappa shape index (κ3) is 4.53. The minimum absolute atomic E-state index is 0.0971. The molecule has 11 aromatic rings. The number of benzene rings is 8. The highest BCUT2D eigenvalue weighted by Gasteiger charge is 2.20. The first-order valence-electron chi connectivity index (χ1n) is 17.9. The molecule has 0 saturated heterocycles. The van der Waals surface area contributed by atoms with Crippen LogP contribution in [0.3, 0.4) is 0 Å². The van der Waals surface area contributed by atoms with E-state index in [2.05, 4.69) is 101 Å². The summed E-state index contributed by atoms with van der Waals surface area (Å²) in [5, 5.41) is 17.3. The zero-order valence-corrected chi connectivity index (χ0v) is 28.9. The number of aliphatic imine (C=N–C) groups is 1. The van der Waals surface area contributed by atoms with Crippen LogP contribution in [-0.4, -0.2) is 16.2 Å². The molecular weight excluding hydrogens is 665 g/mol. The van der Waals surface area contributed by atoms with Gasteiger partial charge in [0.1, 0.15) is 28.2 Å². The molecule has 0 aliphatic rings. The van der Waals surface area contributed by atoms with Gasteiger partial charge in [0, 0.05) is 49.5 Å². The van der Waals surface area contributed by atoms with Gasteiger partial charge in [0.25, 0.3) is 0 Å². The number of rotatable bonds is 4. The number of aromatic nitrogens is 1. The van der Waals surface area contributed by atoms with Crippen molar-refractivity contribution < 1.29 is 8.83 Å². The molecule has 3 aromatic heterocycles. The lowest BCUT2D eigenvalue weighted by Crippen LogP contribution is -2.16. The molecule has 254 valence electrons. The van der Waals surface area contributed by atoms with Crippen molar-refractivity contribution in [1.82, 2.24) is 4.57 Å². The first-order chi connectivity index (χ1) is 26.6. The zero-order valence-electron chi connectivity index (χ0n) is 28.9. The van der Waals surface area contributed by atoms with Gasteiger partial charge >= 0.3 is 0 Å². The average Bonchev–Trinajstić information content (AvgIpc) is 3.89. The van der Waals surface area contributed by atoms with Crippen LogP contribution in [0.1, 0.15) is 11.1 Å². The third-order valence-corrected chi connectivity index (χ3v) is 10.6. The van der Waals surface area contributed by atoms with Crippen LogP contribution in [0.5, 0.6) is 0 Å². The summed E-state index contributed by atoms with van der Waals surface area (Å²) in [4.78, 5) is 4.62. The van der Waals surface area contributed by atoms with Gasteiger partial charge < -0.3 is 19.1 Å². The lowest BCUT2D eigenvalue weighted by molar-refractivity contribution is 0.668. The van der Waals surface area contributed by atoms with Crippen molar-refractivity contribution in [2.45, 2.75) is 0 Å². The highest BCUT2D eigenvalue weighted by molar-refractivity contribution is 6.22. The van der Waals surface area contributed by atoms with Crippen LogP contribution in [-0.2, 0) is 0 Å². The van der Waals surface area contributed by atoms with E-state index in [9.17, 15) is 0 Å². The summed E-state index contributed by atoms with van der Waals surface area (Å²) >= 11 is 0. The molecule has 0 unspecified atom stereocenters. The number of nitrogens with two attached hydrogens (primary N) is 1. The molecule has 3 heterocycles. The number of hydrogen-bond donors (Lipinski definition) is 2. The zero-order chi connectivity index (χ0) is 35.9. The molecule has 8 aromatic carbocycles. The summed E-state index contributed by atoms with van der Waals surface area (Å²) in [6.07, 6.45) is 0. The third-order valence-electron chi connectivity index (χ3n) is 10.6. The van der Waals surface area contributed by atoms with Gasteiger partial charge in [0.15, 0.2) is 5.84 Å². The molecule has 0 spiro atoms. The van der Waals surface area contributed by atoms with Gasteiger partial charge in [-0.3, -0.25) is 5.41 Å². The monoisotopic (exact) mass is 694 g/mol. The highest BCUT2D eigenvalue weighted by atomic mass is 16.3. The Kier molecular flexibility index (Phi) is 6.45. The molecule has 0 fully saturated rings. The maximum atomic E-state index is 8.87. The number of furan rings is 2. The summed E-state index contributed by atoms with van der Waals surface area (Å²) in [5.74, 6) is 0.350. The Balaban J connectivity index is 1.12. The number of para-hydroxylation sites is 3. The molecule has 3 N–H and O–H groups in total. The molecule has 6 heteroatoms. The Labute approximate surface area is 308 Å². The maximum absolute atomic E-state index is 8.87. The molecular formula is C48H30N4O2. The molecule has 0 atom stereocenters. The number of nitrogens with zero attached hydrogens (tertiary/aromatic N) is 2. The molecule has 0 aliphatic carbocycles. The normalized spacial score (nSPS) is 12.3. The van der Waals surface area contributed by atoms with Crippen LogP contribution in [0, 0.1) is 5.41 Å².